The Balaban J connectivity index is 2.14. The zero-order chi connectivity index (χ0) is 15.4. The van der Waals surface area contributed by atoms with Crippen molar-refractivity contribution in [2.75, 3.05) is 24.6 Å². The molecule has 0 saturated carbocycles. The summed E-state index contributed by atoms with van der Waals surface area (Å²) in [6.07, 6.45) is 1.40. The van der Waals surface area contributed by atoms with Crippen LogP contribution in [0.25, 0.3) is 0 Å². The highest BCUT2D eigenvalue weighted by molar-refractivity contribution is 6.31. The highest BCUT2D eigenvalue weighted by Gasteiger charge is 2.24. The van der Waals surface area contributed by atoms with Crippen LogP contribution < -0.4 is 10.2 Å². The highest BCUT2D eigenvalue weighted by Crippen LogP contribution is 2.30. The van der Waals surface area contributed by atoms with Gasteiger partial charge in [0.05, 0.1) is 12.7 Å². The van der Waals surface area contributed by atoms with Gasteiger partial charge in [-0.1, -0.05) is 24.6 Å². The number of hydrogen-bond donors (Lipinski definition) is 1. The van der Waals surface area contributed by atoms with Crippen LogP contribution in [0.15, 0.2) is 18.2 Å². The van der Waals surface area contributed by atoms with Gasteiger partial charge in [0, 0.05) is 29.3 Å². The summed E-state index contributed by atoms with van der Waals surface area (Å²) in [6, 6.07) is 7.10. The fraction of sp³-hybridized carbons (Fsp3) is 0.647. The first-order valence-corrected chi connectivity index (χ1v) is 8.31. The van der Waals surface area contributed by atoms with Crippen LogP contribution in [0.4, 0.5) is 5.69 Å². The van der Waals surface area contributed by atoms with Gasteiger partial charge in [-0.25, -0.2) is 0 Å². The molecule has 1 fully saturated rings. The van der Waals surface area contributed by atoms with E-state index in [0.29, 0.717) is 6.04 Å². The monoisotopic (exact) mass is 310 g/mol. The van der Waals surface area contributed by atoms with Crippen LogP contribution >= 0.6 is 11.6 Å². The normalized spacial score (nSPS) is 24.1. The average molecular weight is 311 g/mol. The lowest BCUT2D eigenvalue weighted by Crippen LogP contribution is -2.47. The largest absolute Gasteiger partial charge is 0.375 e. The van der Waals surface area contributed by atoms with Crippen molar-refractivity contribution in [2.45, 2.75) is 52.3 Å². The van der Waals surface area contributed by atoms with Crippen molar-refractivity contribution < 1.29 is 4.74 Å². The van der Waals surface area contributed by atoms with E-state index in [1.54, 1.807) is 0 Å². The maximum Gasteiger partial charge on any atom is 0.0723 e. The zero-order valence-electron chi connectivity index (χ0n) is 13.5. The molecule has 21 heavy (non-hydrogen) atoms. The van der Waals surface area contributed by atoms with Gasteiger partial charge in [0.15, 0.2) is 0 Å². The van der Waals surface area contributed by atoms with Gasteiger partial charge < -0.3 is 15.0 Å². The van der Waals surface area contributed by atoms with Crippen LogP contribution in [0.3, 0.4) is 0 Å². The van der Waals surface area contributed by atoms with Crippen molar-refractivity contribution in [2.24, 2.45) is 0 Å². The summed E-state index contributed by atoms with van der Waals surface area (Å²) in [5, 5.41) is 4.33. The maximum atomic E-state index is 6.51. The molecule has 0 aromatic heterocycles. The predicted octanol–water partition coefficient (Wildman–Crippen LogP) is 4.01. The van der Waals surface area contributed by atoms with E-state index in [4.69, 9.17) is 16.3 Å². The lowest BCUT2D eigenvalue weighted by Gasteiger charge is -2.38. The molecule has 1 heterocycles. The number of rotatable bonds is 5. The molecular formula is C17H27ClN2O. The highest BCUT2D eigenvalue weighted by atomic mass is 35.5. The molecule has 1 aromatic carbocycles. The molecule has 1 aromatic rings. The first kappa shape index (κ1) is 16.6. The summed E-state index contributed by atoms with van der Waals surface area (Å²) in [5.74, 6) is 0. The van der Waals surface area contributed by atoms with E-state index < -0.39 is 0 Å². The Bertz CT molecular complexity index is 466. The van der Waals surface area contributed by atoms with Crippen molar-refractivity contribution in [1.82, 2.24) is 5.32 Å². The molecule has 118 valence electrons. The Morgan fingerprint density at radius 1 is 1.43 bits per heavy atom. The summed E-state index contributed by atoms with van der Waals surface area (Å²) < 4.78 is 5.69. The molecule has 3 atom stereocenters. The maximum absolute atomic E-state index is 6.51. The van der Waals surface area contributed by atoms with Gasteiger partial charge in [-0.2, -0.15) is 0 Å². The molecule has 0 amide bonds. The SMILES string of the molecule is CCCNC(C)c1ccc(N2CC(C)OCC2C)cc1Cl. The molecule has 0 aliphatic carbocycles. The minimum Gasteiger partial charge on any atom is -0.375 e. The fourth-order valence-electron chi connectivity index (χ4n) is 2.78. The third-order valence-electron chi connectivity index (χ3n) is 4.09. The molecule has 1 aliphatic rings. The van der Waals surface area contributed by atoms with Crippen LogP contribution in [0.5, 0.6) is 0 Å². The third-order valence-corrected chi connectivity index (χ3v) is 4.42. The molecule has 3 nitrogen and oxygen atoms in total. The van der Waals surface area contributed by atoms with E-state index in [-0.39, 0.29) is 12.1 Å². The number of anilines is 1. The summed E-state index contributed by atoms with van der Waals surface area (Å²) in [7, 11) is 0. The average Bonchev–Trinajstić information content (AvgIpc) is 2.47. The molecular weight excluding hydrogens is 284 g/mol. The molecule has 1 aliphatic heterocycles. The topological polar surface area (TPSA) is 24.5 Å². The van der Waals surface area contributed by atoms with Crippen molar-refractivity contribution in [3.05, 3.63) is 28.8 Å². The Morgan fingerprint density at radius 2 is 2.19 bits per heavy atom. The molecule has 1 N–H and O–H groups in total. The first-order valence-electron chi connectivity index (χ1n) is 7.94. The second kappa shape index (κ2) is 7.48. The van der Waals surface area contributed by atoms with Crippen molar-refractivity contribution >= 4 is 17.3 Å². The van der Waals surface area contributed by atoms with Gasteiger partial charge in [0.25, 0.3) is 0 Å². The van der Waals surface area contributed by atoms with E-state index >= 15 is 0 Å². The smallest absolute Gasteiger partial charge is 0.0723 e. The first-order chi connectivity index (χ1) is 10.0. The Kier molecular flexibility index (Phi) is 5.91. The van der Waals surface area contributed by atoms with E-state index in [1.165, 1.54) is 11.3 Å². The van der Waals surface area contributed by atoms with E-state index in [9.17, 15) is 0 Å². The number of ether oxygens (including phenoxy) is 1. The van der Waals surface area contributed by atoms with Crippen LogP contribution in [0.1, 0.15) is 45.7 Å². The molecule has 2 rings (SSSR count). The van der Waals surface area contributed by atoms with Gasteiger partial charge in [-0.3, -0.25) is 0 Å². The molecule has 0 bridgehead atoms. The van der Waals surface area contributed by atoms with E-state index in [0.717, 1.165) is 31.1 Å². The van der Waals surface area contributed by atoms with Crippen LogP contribution in [-0.4, -0.2) is 31.8 Å². The summed E-state index contributed by atoms with van der Waals surface area (Å²) >= 11 is 6.51. The Morgan fingerprint density at radius 3 is 2.86 bits per heavy atom. The Labute approximate surface area is 133 Å². The van der Waals surface area contributed by atoms with Gasteiger partial charge >= 0.3 is 0 Å². The van der Waals surface area contributed by atoms with Crippen molar-refractivity contribution in [1.29, 1.82) is 0 Å². The Hall–Kier alpha value is -0.770. The molecule has 3 unspecified atom stereocenters. The standard InChI is InChI=1S/C17H27ClN2O/c1-5-8-19-14(4)16-7-6-15(9-17(16)18)20-10-13(3)21-11-12(20)2/h6-7,9,12-14,19H,5,8,10-11H2,1-4H3. The van der Waals surface area contributed by atoms with Crippen molar-refractivity contribution in [3.8, 4) is 0 Å². The summed E-state index contributed by atoms with van der Waals surface area (Å²) in [5.41, 5.74) is 2.36. The van der Waals surface area contributed by atoms with E-state index in [1.807, 2.05) is 0 Å². The summed E-state index contributed by atoms with van der Waals surface area (Å²) in [4.78, 5) is 2.38. The van der Waals surface area contributed by atoms with Gasteiger partial charge in [0.1, 0.15) is 0 Å². The zero-order valence-corrected chi connectivity index (χ0v) is 14.3. The lowest BCUT2D eigenvalue weighted by molar-refractivity contribution is 0.0344. The number of nitrogens with one attached hydrogen (secondary N) is 1. The summed E-state index contributed by atoms with van der Waals surface area (Å²) in [6.45, 7) is 11.3. The van der Waals surface area contributed by atoms with E-state index in [2.05, 4.69) is 56.1 Å². The second-order valence-corrected chi connectivity index (χ2v) is 6.43. The predicted molar refractivity (Wildman–Crippen MR) is 90.4 cm³/mol. The number of benzene rings is 1. The van der Waals surface area contributed by atoms with Gasteiger partial charge in [-0.15, -0.1) is 0 Å². The molecule has 0 spiro atoms. The third kappa shape index (κ3) is 4.12. The molecule has 0 radical (unpaired) electrons. The minimum absolute atomic E-state index is 0.268. The lowest BCUT2D eigenvalue weighted by atomic mass is 10.1. The fourth-order valence-corrected chi connectivity index (χ4v) is 3.12. The molecule has 1 saturated heterocycles. The van der Waals surface area contributed by atoms with Crippen LogP contribution in [-0.2, 0) is 4.74 Å². The van der Waals surface area contributed by atoms with Crippen LogP contribution in [0, 0.1) is 0 Å². The van der Waals surface area contributed by atoms with Gasteiger partial charge in [0.2, 0.25) is 0 Å². The minimum atomic E-state index is 0.268. The number of halogens is 1. The molecule has 4 heteroatoms. The number of nitrogens with zero attached hydrogens (tertiary/aromatic N) is 1. The van der Waals surface area contributed by atoms with Gasteiger partial charge in [-0.05, 0) is 51.4 Å². The van der Waals surface area contributed by atoms with Crippen LogP contribution in [0.2, 0.25) is 5.02 Å². The number of hydrogen-bond acceptors (Lipinski definition) is 3. The van der Waals surface area contributed by atoms with Crippen molar-refractivity contribution in [3.63, 3.8) is 0 Å². The number of morpholine rings is 1. The quantitative estimate of drug-likeness (QED) is 0.889. The second-order valence-electron chi connectivity index (χ2n) is 6.03.